The molecule has 1 saturated heterocycles. The van der Waals surface area contributed by atoms with E-state index < -0.39 is 0 Å². The van der Waals surface area contributed by atoms with E-state index >= 15 is 0 Å². The molecule has 3 nitrogen and oxygen atoms in total. The van der Waals surface area contributed by atoms with Gasteiger partial charge in [0.05, 0.1) is 13.1 Å². The van der Waals surface area contributed by atoms with Crippen LogP contribution in [0.3, 0.4) is 0 Å². The minimum Gasteiger partial charge on any atom is -0.507 e. The molecule has 3 heteroatoms. The number of piperidine rings is 1. The Kier molecular flexibility index (Phi) is 6.76. The smallest absolute Gasteiger partial charge is 0.139 e. The summed E-state index contributed by atoms with van der Waals surface area (Å²) in [6.07, 6.45) is 3.92. The van der Waals surface area contributed by atoms with Crippen LogP contribution in [0.15, 0.2) is 36.4 Å². The molecule has 0 bridgehead atoms. The van der Waals surface area contributed by atoms with E-state index in [-0.39, 0.29) is 10.8 Å². The molecule has 1 heterocycles. The number of nitrogens with zero attached hydrogens (tertiary/aromatic N) is 1. The molecule has 2 aromatic rings. The Bertz CT molecular complexity index is 844. The van der Waals surface area contributed by atoms with Gasteiger partial charge in [0.15, 0.2) is 0 Å². The first-order chi connectivity index (χ1) is 14.4. The lowest BCUT2D eigenvalue weighted by Gasteiger charge is -2.35. The third-order valence-corrected chi connectivity index (χ3v) is 6.73. The van der Waals surface area contributed by atoms with E-state index in [0.29, 0.717) is 11.8 Å². The van der Waals surface area contributed by atoms with E-state index in [2.05, 4.69) is 96.9 Å². The number of rotatable bonds is 4. The second-order valence-corrected chi connectivity index (χ2v) is 11.6. The Balaban J connectivity index is 2.20. The normalized spacial score (nSPS) is 16.9. The number of hydrogen-bond acceptors (Lipinski definition) is 2. The number of benzene rings is 2. The van der Waals surface area contributed by atoms with Gasteiger partial charge in [0.2, 0.25) is 0 Å². The van der Waals surface area contributed by atoms with Crippen LogP contribution in [0.5, 0.6) is 5.75 Å². The van der Waals surface area contributed by atoms with Crippen LogP contribution >= 0.6 is 0 Å². The van der Waals surface area contributed by atoms with Crippen LogP contribution in [-0.4, -0.2) is 32.3 Å². The fourth-order valence-electron chi connectivity index (χ4n) is 4.89. The first-order valence-corrected chi connectivity index (χ1v) is 11.9. The Labute approximate surface area is 190 Å². The molecule has 2 aromatic carbocycles. The number of nitrogens with one attached hydrogen (secondary N) is 1. The van der Waals surface area contributed by atoms with Gasteiger partial charge in [-0.1, -0.05) is 53.7 Å². The van der Waals surface area contributed by atoms with E-state index in [1.807, 2.05) is 0 Å². The topological polar surface area (TPSA) is 27.9 Å². The van der Waals surface area contributed by atoms with Crippen molar-refractivity contribution in [3.63, 3.8) is 0 Å². The summed E-state index contributed by atoms with van der Waals surface area (Å²) in [5, 5.41) is 11.2. The zero-order chi connectivity index (χ0) is 23.0. The molecule has 0 saturated carbocycles. The van der Waals surface area contributed by atoms with E-state index in [1.54, 1.807) is 4.90 Å². The monoisotopic (exact) mass is 423 g/mol. The Morgan fingerprint density at radius 1 is 0.774 bits per heavy atom. The van der Waals surface area contributed by atoms with Crippen molar-refractivity contribution in [2.24, 2.45) is 0 Å². The predicted molar refractivity (Wildman–Crippen MR) is 133 cm³/mol. The average Bonchev–Trinajstić information content (AvgIpc) is 2.68. The molecule has 3 rings (SSSR count). The van der Waals surface area contributed by atoms with E-state index in [1.165, 1.54) is 49.2 Å². The highest BCUT2D eigenvalue weighted by molar-refractivity contribution is 5.52. The third-order valence-electron chi connectivity index (χ3n) is 6.73. The summed E-state index contributed by atoms with van der Waals surface area (Å²) in [5.74, 6) is 0.471. The lowest BCUT2D eigenvalue weighted by molar-refractivity contribution is -0.930. The molecular formula is C28H43N2O+. The zero-order valence-corrected chi connectivity index (χ0v) is 21.0. The highest BCUT2D eigenvalue weighted by Gasteiger charge is 2.33. The van der Waals surface area contributed by atoms with Crippen molar-refractivity contribution in [3.8, 4) is 5.75 Å². The van der Waals surface area contributed by atoms with Crippen LogP contribution in [0.4, 0.5) is 5.69 Å². The maximum atomic E-state index is 11.2. The van der Waals surface area contributed by atoms with Gasteiger partial charge in [-0.15, -0.1) is 0 Å². The Hall–Kier alpha value is -2.00. The molecule has 0 amide bonds. The van der Waals surface area contributed by atoms with Crippen LogP contribution in [0.2, 0.25) is 0 Å². The van der Waals surface area contributed by atoms with Crippen molar-refractivity contribution in [1.82, 2.24) is 0 Å². The van der Waals surface area contributed by atoms with Gasteiger partial charge in [-0.3, -0.25) is 0 Å². The first kappa shape index (κ1) is 23.7. The van der Waals surface area contributed by atoms with Gasteiger partial charge in [-0.25, -0.2) is 0 Å². The van der Waals surface area contributed by atoms with Crippen LogP contribution in [0.25, 0.3) is 0 Å². The summed E-state index contributed by atoms with van der Waals surface area (Å²) in [6, 6.07) is 14.0. The number of quaternary nitrogens is 1. The fraction of sp³-hybridized carbons (Fsp3) is 0.571. The van der Waals surface area contributed by atoms with Crippen molar-refractivity contribution < 1.29 is 10.0 Å². The highest BCUT2D eigenvalue weighted by atomic mass is 16.3. The summed E-state index contributed by atoms with van der Waals surface area (Å²) < 4.78 is 0. The summed E-state index contributed by atoms with van der Waals surface area (Å²) in [4.78, 5) is 3.80. The summed E-state index contributed by atoms with van der Waals surface area (Å²) in [6.45, 7) is 15.6. The number of aromatic hydroxyl groups is 1. The highest BCUT2D eigenvalue weighted by Crippen LogP contribution is 2.41. The second-order valence-electron chi connectivity index (χ2n) is 11.6. The van der Waals surface area contributed by atoms with Gasteiger partial charge in [0, 0.05) is 42.0 Å². The van der Waals surface area contributed by atoms with Crippen LogP contribution in [-0.2, 0) is 10.8 Å². The standard InChI is InChI=1S/C28H42N2O/c1-27(2,3)23-18-21(19-24(26(23)31)28(4,5)6)25(30-16-10-9-11-17-30)20-12-14-22(15-13-20)29(7)8/h12-15,18-19,25,31H,9-11,16-17H2,1-8H3/p+1. The molecule has 0 spiro atoms. The van der Waals surface area contributed by atoms with Gasteiger partial charge in [0.25, 0.3) is 0 Å². The average molecular weight is 424 g/mol. The van der Waals surface area contributed by atoms with Crippen molar-refractivity contribution >= 4 is 5.69 Å². The van der Waals surface area contributed by atoms with Crippen molar-refractivity contribution in [2.75, 3.05) is 32.1 Å². The van der Waals surface area contributed by atoms with E-state index in [0.717, 1.165) is 11.1 Å². The van der Waals surface area contributed by atoms with Gasteiger partial charge in [0.1, 0.15) is 11.8 Å². The summed E-state index contributed by atoms with van der Waals surface area (Å²) >= 11 is 0. The van der Waals surface area contributed by atoms with Crippen LogP contribution in [0.1, 0.15) is 89.1 Å². The summed E-state index contributed by atoms with van der Waals surface area (Å²) in [7, 11) is 4.18. The number of phenols is 1. The molecule has 1 aliphatic rings. The van der Waals surface area contributed by atoms with Crippen LogP contribution < -0.4 is 9.80 Å². The molecule has 0 aliphatic carbocycles. The number of likely N-dealkylation sites (tertiary alicyclic amines) is 1. The third kappa shape index (κ3) is 5.26. The molecule has 31 heavy (non-hydrogen) atoms. The first-order valence-electron chi connectivity index (χ1n) is 11.9. The SMILES string of the molecule is CN(C)c1ccc(C(c2cc(C(C)(C)C)c(O)c(C(C)(C)C)c2)[NH+]2CCCCC2)cc1. The maximum Gasteiger partial charge on any atom is 0.139 e. The Morgan fingerprint density at radius 2 is 1.26 bits per heavy atom. The molecule has 0 aromatic heterocycles. The number of hydrogen-bond donors (Lipinski definition) is 2. The van der Waals surface area contributed by atoms with E-state index in [4.69, 9.17) is 0 Å². The molecule has 0 radical (unpaired) electrons. The maximum absolute atomic E-state index is 11.2. The Morgan fingerprint density at radius 3 is 1.68 bits per heavy atom. The molecular weight excluding hydrogens is 380 g/mol. The molecule has 1 fully saturated rings. The van der Waals surface area contributed by atoms with Gasteiger partial charge < -0.3 is 14.9 Å². The molecule has 2 N–H and O–H groups in total. The molecule has 1 atom stereocenters. The lowest BCUT2D eigenvalue weighted by Crippen LogP contribution is -3.13. The van der Waals surface area contributed by atoms with Crippen molar-refractivity contribution in [3.05, 3.63) is 58.7 Å². The van der Waals surface area contributed by atoms with Crippen molar-refractivity contribution in [2.45, 2.75) is 77.7 Å². The quantitative estimate of drug-likeness (QED) is 0.706. The minimum absolute atomic E-state index is 0.114. The number of anilines is 1. The van der Waals surface area contributed by atoms with E-state index in [9.17, 15) is 5.11 Å². The summed E-state index contributed by atoms with van der Waals surface area (Å²) in [5.41, 5.74) is 5.82. The molecule has 1 aliphatic heterocycles. The van der Waals surface area contributed by atoms with Gasteiger partial charge in [-0.05, 0) is 54.4 Å². The predicted octanol–water partition coefficient (Wildman–Crippen LogP) is 5.21. The fourth-order valence-corrected chi connectivity index (χ4v) is 4.89. The van der Waals surface area contributed by atoms with Gasteiger partial charge >= 0.3 is 0 Å². The molecule has 170 valence electrons. The second kappa shape index (κ2) is 8.86. The van der Waals surface area contributed by atoms with Crippen molar-refractivity contribution in [1.29, 1.82) is 0 Å². The lowest BCUT2D eigenvalue weighted by atomic mass is 9.77. The number of phenolic OH excluding ortho intramolecular Hbond substituents is 1. The molecule has 1 unspecified atom stereocenters. The minimum atomic E-state index is -0.114. The largest absolute Gasteiger partial charge is 0.507 e. The zero-order valence-electron chi connectivity index (χ0n) is 21.0. The van der Waals surface area contributed by atoms with Crippen LogP contribution in [0, 0.1) is 0 Å². The van der Waals surface area contributed by atoms with Gasteiger partial charge in [-0.2, -0.15) is 0 Å².